The number of likely N-dealkylation sites (N-methyl/N-ethyl adjacent to an activating group) is 1. The standard InChI is InChI=1S/C42H67NO6/c1-25(2)34-28(44)21-42(31(45)24-43(10)23-26-11-12-26)20-19-40(8)27(35(34)42)13-14-30-39(7)17-16-32(49-33(46)22-37(3,4)36(47)48)38(5,6)29(39)15-18-41(30,40)9/h25-27,29-32,45H,11-24H2,1-10H3,(H,47,48). The van der Waals surface area contributed by atoms with Gasteiger partial charge in [-0.05, 0) is 137 Å². The number of aliphatic hydroxyl groups is 1. The van der Waals surface area contributed by atoms with Gasteiger partial charge in [0.2, 0.25) is 0 Å². The van der Waals surface area contributed by atoms with E-state index in [0.29, 0.717) is 30.7 Å². The van der Waals surface area contributed by atoms with Gasteiger partial charge in [0.1, 0.15) is 6.10 Å². The summed E-state index contributed by atoms with van der Waals surface area (Å²) in [5.41, 5.74) is 0.780. The Morgan fingerprint density at radius 2 is 1.59 bits per heavy atom. The van der Waals surface area contributed by atoms with E-state index in [4.69, 9.17) is 4.74 Å². The van der Waals surface area contributed by atoms with E-state index in [1.54, 1.807) is 13.8 Å². The number of nitrogens with zero attached hydrogens (tertiary/aromatic N) is 1. The van der Waals surface area contributed by atoms with Crippen molar-refractivity contribution in [2.45, 2.75) is 152 Å². The highest BCUT2D eigenvalue weighted by atomic mass is 16.5. The first-order valence-corrected chi connectivity index (χ1v) is 19.7. The van der Waals surface area contributed by atoms with Crippen LogP contribution in [-0.2, 0) is 19.1 Å². The zero-order valence-corrected chi connectivity index (χ0v) is 32.4. The number of carboxylic acids is 1. The Bertz CT molecular complexity index is 1390. The van der Waals surface area contributed by atoms with Crippen molar-refractivity contribution in [2.24, 2.45) is 62.1 Å². The predicted octanol–water partition coefficient (Wildman–Crippen LogP) is 8.08. The molecule has 5 fully saturated rings. The van der Waals surface area contributed by atoms with Gasteiger partial charge in [-0.3, -0.25) is 14.4 Å². The summed E-state index contributed by atoms with van der Waals surface area (Å²) in [6, 6.07) is 0. The Labute approximate surface area is 296 Å². The minimum atomic E-state index is -1.15. The van der Waals surface area contributed by atoms with Crippen molar-refractivity contribution in [3.05, 3.63) is 11.1 Å². The number of aliphatic hydroxyl groups excluding tert-OH is 1. The van der Waals surface area contributed by atoms with Crippen LogP contribution in [0.3, 0.4) is 0 Å². The molecule has 0 heterocycles. The van der Waals surface area contributed by atoms with Gasteiger partial charge in [0, 0.05) is 30.3 Å². The molecule has 49 heavy (non-hydrogen) atoms. The maximum Gasteiger partial charge on any atom is 0.309 e. The molecule has 0 saturated heterocycles. The summed E-state index contributed by atoms with van der Waals surface area (Å²) in [5.74, 6) is 1.02. The number of Topliss-reactive ketones (excluding diaryl/α,β-unsaturated/α-hetero) is 1. The first-order valence-electron chi connectivity index (χ1n) is 19.7. The monoisotopic (exact) mass is 681 g/mol. The Balaban J connectivity index is 1.28. The van der Waals surface area contributed by atoms with Gasteiger partial charge in [0.05, 0.1) is 17.9 Å². The number of fused-ring (bicyclic) bond motifs is 7. The number of ketones is 1. The van der Waals surface area contributed by atoms with Crippen LogP contribution in [0.25, 0.3) is 0 Å². The summed E-state index contributed by atoms with van der Waals surface area (Å²) in [5, 5.41) is 21.8. The first-order chi connectivity index (χ1) is 22.6. The maximum atomic E-state index is 14.0. The Morgan fingerprint density at radius 1 is 0.918 bits per heavy atom. The molecule has 6 rings (SSSR count). The number of carboxylic acid groups (broad SMARTS) is 1. The zero-order chi connectivity index (χ0) is 36.1. The molecule has 276 valence electrons. The van der Waals surface area contributed by atoms with Crippen molar-refractivity contribution >= 4 is 17.7 Å². The van der Waals surface area contributed by atoms with Crippen LogP contribution in [0.4, 0.5) is 0 Å². The molecule has 9 atom stereocenters. The summed E-state index contributed by atoms with van der Waals surface area (Å²) in [6.45, 7) is 21.4. The van der Waals surface area contributed by atoms with Gasteiger partial charge in [-0.1, -0.05) is 54.0 Å². The van der Waals surface area contributed by atoms with Gasteiger partial charge >= 0.3 is 11.9 Å². The molecule has 0 bridgehead atoms. The first kappa shape index (κ1) is 37.0. The molecule has 7 nitrogen and oxygen atoms in total. The quantitative estimate of drug-likeness (QED) is 0.225. The summed E-state index contributed by atoms with van der Waals surface area (Å²) in [6.07, 6.45) is 10.3. The lowest BCUT2D eigenvalue weighted by molar-refractivity contribution is -0.235. The SMILES string of the molecule is CC(C)C1=C2C3CCC4C5(C)CCC(OC(=O)CC(C)(C)C(=O)O)C(C)(C)C5CCC4(C)C3(C)CCC2(C(O)CN(C)CC2CC2)CC1=O. The van der Waals surface area contributed by atoms with Crippen LogP contribution < -0.4 is 0 Å². The molecule has 5 saturated carbocycles. The fraction of sp³-hybridized carbons (Fsp3) is 0.881. The second-order valence-corrected chi connectivity index (χ2v) is 20.2. The van der Waals surface area contributed by atoms with Crippen molar-refractivity contribution in [1.29, 1.82) is 0 Å². The summed E-state index contributed by atoms with van der Waals surface area (Å²) < 4.78 is 6.16. The molecule has 2 N–H and O–H groups in total. The molecule has 6 aliphatic rings. The highest BCUT2D eigenvalue weighted by Crippen LogP contribution is 2.77. The van der Waals surface area contributed by atoms with Crippen molar-refractivity contribution in [3.8, 4) is 0 Å². The normalized spacial score (nSPS) is 40.8. The van der Waals surface area contributed by atoms with Gasteiger partial charge in [0.25, 0.3) is 0 Å². The van der Waals surface area contributed by atoms with Crippen molar-refractivity contribution in [3.63, 3.8) is 0 Å². The van der Waals surface area contributed by atoms with Crippen LogP contribution in [0, 0.1) is 62.1 Å². The highest BCUT2D eigenvalue weighted by molar-refractivity contribution is 6.00. The molecule has 9 unspecified atom stereocenters. The number of hydrogen-bond donors (Lipinski definition) is 2. The number of aliphatic carboxylic acids is 1. The third-order valence-corrected chi connectivity index (χ3v) is 16.3. The lowest BCUT2D eigenvalue weighted by Crippen LogP contribution is -2.66. The predicted molar refractivity (Wildman–Crippen MR) is 192 cm³/mol. The van der Waals surface area contributed by atoms with Crippen LogP contribution in [-0.4, -0.2) is 65.2 Å². The molecule has 0 amide bonds. The number of carbonyl (C=O) groups excluding carboxylic acids is 2. The lowest BCUT2D eigenvalue weighted by Gasteiger charge is -2.72. The van der Waals surface area contributed by atoms with Gasteiger partial charge < -0.3 is 19.8 Å². The average Bonchev–Trinajstić information content (AvgIpc) is 3.73. The number of ether oxygens (including phenoxy) is 1. The van der Waals surface area contributed by atoms with Gasteiger partial charge in [0.15, 0.2) is 5.78 Å². The van der Waals surface area contributed by atoms with E-state index in [1.807, 2.05) is 0 Å². The van der Waals surface area contributed by atoms with E-state index in [0.717, 1.165) is 69.4 Å². The van der Waals surface area contributed by atoms with E-state index in [2.05, 4.69) is 60.4 Å². The highest BCUT2D eigenvalue weighted by Gasteiger charge is 2.70. The molecule has 0 spiro atoms. The van der Waals surface area contributed by atoms with E-state index < -0.39 is 28.9 Å². The second-order valence-electron chi connectivity index (χ2n) is 20.2. The molecular weight excluding hydrogens is 614 g/mol. The van der Waals surface area contributed by atoms with Crippen molar-refractivity contribution in [1.82, 2.24) is 4.90 Å². The van der Waals surface area contributed by atoms with E-state index in [-0.39, 0.29) is 45.9 Å². The molecule has 0 aromatic carbocycles. The molecule has 0 aliphatic heterocycles. The van der Waals surface area contributed by atoms with E-state index in [1.165, 1.54) is 18.4 Å². The largest absolute Gasteiger partial charge is 0.481 e. The third kappa shape index (κ3) is 5.69. The van der Waals surface area contributed by atoms with Crippen LogP contribution >= 0.6 is 0 Å². The molecule has 6 aliphatic carbocycles. The average molecular weight is 682 g/mol. The van der Waals surface area contributed by atoms with Crippen molar-refractivity contribution in [2.75, 3.05) is 20.1 Å². The smallest absolute Gasteiger partial charge is 0.309 e. The van der Waals surface area contributed by atoms with E-state index >= 15 is 0 Å². The number of carbonyl (C=O) groups is 3. The Morgan fingerprint density at radius 3 is 2.20 bits per heavy atom. The molecule has 0 aromatic rings. The van der Waals surface area contributed by atoms with Crippen LogP contribution in [0.2, 0.25) is 0 Å². The number of rotatable bonds is 10. The number of esters is 1. The van der Waals surface area contributed by atoms with Gasteiger partial charge in [-0.25, -0.2) is 0 Å². The molecule has 0 aromatic heterocycles. The van der Waals surface area contributed by atoms with Crippen molar-refractivity contribution < 1.29 is 29.3 Å². The summed E-state index contributed by atoms with van der Waals surface area (Å²) in [4.78, 5) is 41.1. The molecule has 7 heteroatoms. The fourth-order valence-corrected chi connectivity index (χ4v) is 13.2. The fourth-order valence-electron chi connectivity index (χ4n) is 13.2. The van der Waals surface area contributed by atoms with Crippen LogP contribution in [0.5, 0.6) is 0 Å². The van der Waals surface area contributed by atoms with Crippen LogP contribution in [0.1, 0.15) is 139 Å². The van der Waals surface area contributed by atoms with Crippen LogP contribution in [0.15, 0.2) is 11.1 Å². The third-order valence-electron chi connectivity index (χ3n) is 16.3. The Kier molecular flexibility index (Phi) is 9.20. The number of hydrogen-bond acceptors (Lipinski definition) is 6. The Hall–Kier alpha value is -1.73. The zero-order valence-electron chi connectivity index (χ0n) is 32.4. The van der Waals surface area contributed by atoms with E-state index in [9.17, 15) is 24.6 Å². The second kappa shape index (κ2) is 12.2. The molecular formula is C42H67NO6. The summed E-state index contributed by atoms with van der Waals surface area (Å²) >= 11 is 0. The lowest BCUT2D eigenvalue weighted by atomic mass is 9.33. The van der Waals surface area contributed by atoms with Gasteiger partial charge in [-0.15, -0.1) is 0 Å². The van der Waals surface area contributed by atoms with Gasteiger partial charge in [-0.2, -0.15) is 0 Å². The number of allylic oxidation sites excluding steroid dienone is 1. The topological polar surface area (TPSA) is 104 Å². The summed E-state index contributed by atoms with van der Waals surface area (Å²) in [7, 11) is 2.15. The minimum Gasteiger partial charge on any atom is -0.481 e. The maximum absolute atomic E-state index is 14.0. The minimum absolute atomic E-state index is 0.0308. The molecule has 0 radical (unpaired) electrons.